The first-order valence-electron chi connectivity index (χ1n) is 6.35. The SMILES string of the molecule is Cn1cnnc1[S-].Cn1nnnc1[S-].[Na+].[Na+].[Na+].[Na+].[S-]c1cn[nH]n1.[S-]c1ncn[nH]1. The number of H-pyrrole nitrogens is 2. The molecule has 21 heteroatoms. The molecule has 30 heavy (non-hydrogen) atoms. The number of nitrogens with one attached hydrogen (secondary N) is 2. The van der Waals surface area contributed by atoms with Crippen LogP contribution in [-0.2, 0) is 64.6 Å². The van der Waals surface area contributed by atoms with Crippen LogP contribution in [0.25, 0.3) is 0 Å². The van der Waals surface area contributed by atoms with Crippen molar-refractivity contribution in [1.82, 2.24) is 65.6 Å². The van der Waals surface area contributed by atoms with E-state index in [1.54, 1.807) is 17.9 Å². The van der Waals surface area contributed by atoms with Crippen LogP contribution in [0.1, 0.15) is 0 Å². The molecule has 0 aliphatic heterocycles. The summed E-state index contributed by atoms with van der Waals surface area (Å²) in [6, 6.07) is 0. The monoisotopic (exact) mass is 521 g/mol. The summed E-state index contributed by atoms with van der Waals surface area (Å²) in [7, 11) is 3.50. The number of nitrogens with zero attached hydrogens (tertiary/aromatic N) is 11. The van der Waals surface area contributed by atoms with Crippen LogP contribution in [0.2, 0.25) is 0 Å². The van der Waals surface area contributed by atoms with E-state index < -0.39 is 0 Å². The maximum absolute atomic E-state index is 4.68. The Morgan fingerprint density at radius 3 is 1.70 bits per heavy atom. The molecule has 0 saturated heterocycles. The molecular weight excluding hydrogens is 510 g/mol. The molecule has 4 rings (SSSR count). The van der Waals surface area contributed by atoms with Gasteiger partial charge in [0, 0.05) is 35.8 Å². The topological polar surface area (TPSA) is 157 Å². The molecule has 0 fully saturated rings. The van der Waals surface area contributed by atoms with Crippen LogP contribution in [0.15, 0.2) is 39.3 Å². The van der Waals surface area contributed by atoms with E-state index >= 15 is 0 Å². The summed E-state index contributed by atoms with van der Waals surface area (Å²) in [4.78, 5) is 3.56. The summed E-state index contributed by atoms with van der Waals surface area (Å²) in [5.41, 5.74) is 0. The van der Waals surface area contributed by atoms with Crippen molar-refractivity contribution < 1.29 is 118 Å². The van der Waals surface area contributed by atoms with E-state index in [0.29, 0.717) is 20.5 Å². The molecule has 0 bridgehead atoms. The van der Waals surface area contributed by atoms with Crippen LogP contribution >= 0.6 is 0 Å². The number of aryl methyl sites for hydroxylation is 2. The zero-order valence-corrected chi connectivity index (χ0v) is 28.6. The summed E-state index contributed by atoms with van der Waals surface area (Å²) in [6.45, 7) is 0. The number of hydrogen-bond donors (Lipinski definition) is 2. The van der Waals surface area contributed by atoms with Crippen molar-refractivity contribution in [2.45, 2.75) is 20.5 Å². The van der Waals surface area contributed by atoms with Crippen molar-refractivity contribution in [2.75, 3.05) is 0 Å². The first kappa shape index (κ1) is 38.6. The molecule has 0 atom stereocenters. The quantitative estimate of drug-likeness (QED) is 0.166. The Labute approximate surface area is 283 Å². The molecule has 0 spiro atoms. The van der Waals surface area contributed by atoms with Gasteiger partial charge in [-0.15, -0.1) is 10.2 Å². The van der Waals surface area contributed by atoms with E-state index in [2.05, 4.69) is 107 Å². The predicted molar refractivity (Wildman–Crippen MR) is 95.1 cm³/mol. The van der Waals surface area contributed by atoms with Crippen molar-refractivity contribution in [3.8, 4) is 0 Å². The fourth-order valence-corrected chi connectivity index (χ4v) is 1.24. The van der Waals surface area contributed by atoms with Gasteiger partial charge in [-0.1, -0.05) is 0 Å². The second-order valence-corrected chi connectivity index (χ2v) is 5.44. The third kappa shape index (κ3) is 18.9. The summed E-state index contributed by atoms with van der Waals surface area (Å²) in [6.07, 6.45) is 4.43. The standard InChI is InChI=1S/C3H5N3S.C2H4N4S.2C2H3N3S.4Na/c1-6-2-4-5-3(6)7;1-6-2(7)3-4-5-6;6-2-3-1-4-5-2;6-2-1-3-5-4-2;;;;/h2H,1H3,(H,5,7);1H3,(H,3,5,7);2*1H,(H2,3,4,5,6);;;;/q;;;;4*+1/p-4. The Hall–Kier alpha value is 1.37. The van der Waals surface area contributed by atoms with Gasteiger partial charge in [0.15, 0.2) is 0 Å². The third-order valence-electron chi connectivity index (χ3n) is 2.04. The fourth-order valence-electron chi connectivity index (χ4n) is 0.879. The largest absolute Gasteiger partial charge is 1.00 e. The molecule has 4 aromatic rings. The van der Waals surface area contributed by atoms with Gasteiger partial charge in [-0.2, -0.15) is 25.6 Å². The average molecular weight is 522 g/mol. The third-order valence-corrected chi connectivity index (χ3v) is 3.15. The summed E-state index contributed by atoms with van der Waals surface area (Å²) in [5.74, 6) is 0. The smallest absolute Gasteiger partial charge is 0.757 e. The van der Waals surface area contributed by atoms with Crippen LogP contribution < -0.4 is 118 Å². The van der Waals surface area contributed by atoms with Gasteiger partial charge >= 0.3 is 118 Å². The zero-order chi connectivity index (χ0) is 19.4. The van der Waals surface area contributed by atoms with Crippen LogP contribution in [-0.4, -0.2) is 65.6 Å². The minimum Gasteiger partial charge on any atom is -0.757 e. The molecule has 4 heterocycles. The van der Waals surface area contributed by atoms with Crippen molar-refractivity contribution in [3.05, 3.63) is 18.9 Å². The zero-order valence-electron chi connectivity index (χ0n) is 17.3. The van der Waals surface area contributed by atoms with Gasteiger partial charge in [0.1, 0.15) is 12.7 Å². The first-order chi connectivity index (χ1) is 12.4. The van der Waals surface area contributed by atoms with E-state index in [0.717, 1.165) is 0 Å². The Bertz CT molecular complexity index is 737. The normalized spacial score (nSPS) is 7.80. The van der Waals surface area contributed by atoms with Crippen molar-refractivity contribution in [1.29, 1.82) is 0 Å². The van der Waals surface area contributed by atoms with Gasteiger partial charge in [-0.25, -0.2) is 4.98 Å². The molecule has 13 nitrogen and oxygen atoms in total. The molecule has 2 N–H and O–H groups in total. The van der Waals surface area contributed by atoms with Gasteiger partial charge in [0.05, 0.1) is 0 Å². The van der Waals surface area contributed by atoms with Crippen molar-refractivity contribution in [2.24, 2.45) is 14.1 Å². The van der Waals surface area contributed by atoms with Gasteiger partial charge in [0.2, 0.25) is 0 Å². The minimum absolute atomic E-state index is 0. The number of hydrogen-bond acceptors (Lipinski definition) is 13. The second-order valence-electron chi connectivity index (χ2n) is 3.91. The van der Waals surface area contributed by atoms with E-state index in [1.807, 2.05) is 7.05 Å². The molecule has 0 radical (unpaired) electrons. The van der Waals surface area contributed by atoms with Gasteiger partial charge in [-0.3, -0.25) is 9.78 Å². The number of tetrazole rings is 1. The fraction of sp³-hybridized carbons (Fsp3) is 0.222. The van der Waals surface area contributed by atoms with Crippen molar-refractivity contribution in [3.63, 3.8) is 0 Å². The Kier molecular flexibility index (Phi) is 30.3. The van der Waals surface area contributed by atoms with Crippen LogP contribution in [0.5, 0.6) is 0 Å². The molecule has 0 aliphatic carbocycles. The minimum atomic E-state index is 0. The molecule has 0 aliphatic rings. The van der Waals surface area contributed by atoms with Gasteiger partial charge in [0.25, 0.3) is 0 Å². The number of aromatic nitrogens is 13. The summed E-state index contributed by atoms with van der Waals surface area (Å²) >= 11 is 18.3. The Morgan fingerprint density at radius 1 is 0.900 bits per heavy atom. The van der Waals surface area contributed by atoms with Crippen LogP contribution in [0.4, 0.5) is 0 Å². The second kappa shape index (κ2) is 23.5. The Morgan fingerprint density at radius 2 is 1.57 bits per heavy atom. The molecule has 0 unspecified atom stereocenters. The number of aromatic amines is 2. The molecule has 0 saturated carbocycles. The average Bonchev–Trinajstić information content (AvgIpc) is 3.39. The Balaban J connectivity index is -0.000000144. The molecule has 140 valence electrons. The maximum Gasteiger partial charge on any atom is 1.00 e. The summed E-state index contributed by atoms with van der Waals surface area (Å²) < 4.78 is 3.10. The van der Waals surface area contributed by atoms with Crippen molar-refractivity contribution >= 4 is 50.5 Å². The van der Waals surface area contributed by atoms with E-state index in [-0.39, 0.29) is 118 Å². The predicted octanol–water partition coefficient (Wildman–Crippen LogP) is -13.7. The first-order valence-corrected chi connectivity index (χ1v) is 7.99. The molecular formula is C9H11N13Na4S4. The van der Waals surface area contributed by atoms with E-state index in [9.17, 15) is 0 Å². The van der Waals surface area contributed by atoms with Crippen LogP contribution in [0.3, 0.4) is 0 Å². The number of rotatable bonds is 0. The molecule has 4 aromatic heterocycles. The van der Waals surface area contributed by atoms with E-state index in [1.165, 1.54) is 17.2 Å². The summed E-state index contributed by atoms with van der Waals surface area (Å²) in [5, 5.41) is 34.4. The molecule has 0 aromatic carbocycles. The maximum atomic E-state index is 4.68. The van der Waals surface area contributed by atoms with Crippen LogP contribution in [0, 0.1) is 0 Å². The van der Waals surface area contributed by atoms with E-state index in [4.69, 9.17) is 0 Å². The van der Waals surface area contributed by atoms with Gasteiger partial charge in [-0.05, 0) is 15.5 Å². The molecule has 0 amide bonds. The van der Waals surface area contributed by atoms with Gasteiger partial charge < -0.3 is 55.1 Å².